The maximum absolute atomic E-state index is 10.6. The Labute approximate surface area is 121 Å². The van der Waals surface area contributed by atoms with Crippen LogP contribution in [0.3, 0.4) is 0 Å². The van der Waals surface area contributed by atoms with Gasteiger partial charge in [-0.05, 0) is 53.6 Å². The molecule has 0 unspecified atom stereocenters. The molecule has 2 heterocycles. The molecule has 0 radical (unpaired) electrons. The molecule has 3 rings (SSSR count). The highest BCUT2D eigenvalue weighted by Gasteiger charge is 2.12. The number of nitrogens with zero attached hydrogens (tertiary/aromatic N) is 5. The van der Waals surface area contributed by atoms with Crippen molar-refractivity contribution in [2.24, 2.45) is 0 Å². The Balaban J connectivity index is 1.84. The van der Waals surface area contributed by atoms with Gasteiger partial charge in [-0.1, -0.05) is 0 Å². The second-order valence-corrected chi connectivity index (χ2v) is 4.83. The Morgan fingerprint density at radius 3 is 2.48 bits per heavy atom. The highest BCUT2D eigenvalue weighted by molar-refractivity contribution is 5.84. The van der Waals surface area contributed by atoms with E-state index in [1.54, 1.807) is 0 Å². The molecule has 1 aliphatic heterocycles. The largest absolute Gasteiger partial charge is 0.478 e. The number of carboxylic acids is 1. The summed E-state index contributed by atoms with van der Waals surface area (Å²) in [5.41, 5.74) is 1.99. The Morgan fingerprint density at radius 1 is 1.14 bits per heavy atom. The fourth-order valence-electron chi connectivity index (χ4n) is 2.41. The summed E-state index contributed by atoms with van der Waals surface area (Å²) in [6, 6.07) is 7.93. The average molecular weight is 285 g/mol. The van der Waals surface area contributed by atoms with Gasteiger partial charge in [-0.15, -0.1) is 5.10 Å². The zero-order valence-electron chi connectivity index (χ0n) is 11.4. The molecule has 1 aromatic heterocycles. The summed E-state index contributed by atoms with van der Waals surface area (Å²) in [6.45, 7) is 2.19. The van der Waals surface area contributed by atoms with Crippen molar-refractivity contribution in [3.8, 4) is 5.69 Å². The molecule has 1 fully saturated rings. The summed E-state index contributed by atoms with van der Waals surface area (Å²) in [7, 11) is 0. The summed E-state index contributed by atoms with van der Waals surface area (Å²) in [6.07, 6.45) is 4.86. The van der Waals surface area contributed by atoms with Gasteiger partial charge in [0.25, 0.3) is 0 Å². The van der Waals surface area contributed by atoms with Crippen LogP contribution in [0.5, 0.6) is 0 Å². The second-order valence-electron chi connectivity index (χ2n) is 4.83. The Kier molecular flexibility index (Phi) is 3.63. The summed E-state index contributed by atoms with van der Waals surface area (Å²) in [5.74, 6) is -0.653. The fourth-order valence-corrected chi connectivity index (χ4v) is 2.41. The third-order valence-corrected chi connectivity index (χ3v) is 3.43. The summed E-state index contributed by atoms with van der Waals surface area (Å²) >= 11 is 0. The Hall–Kier alpha value is -2.70. The maximum Gasteiger partial charge on any atom is 0.328 e. The molecule has 0 spiro atoms. The highest BCUT2D eigenvalue weighted by atomic mass is 16.4. The number of anilines is 1. The van der Waals surface area contributed by atoms with E-state index in [0.29, 0.717) is 5.82 Å². The van der Waals surface area contributed by atoms with E-state index in [4.69, 9.17) is 5.11 Å². The zero-order valence-corrected chi connectivity index (χ0v) is 11.4. The summed E-state index contributed by atoms with van der Waals surface area (Å²) in [5, 5.41) is 19.9. The first-order valence-corrected chi connectivity index (χ1v) is 6.79. The predicted molar refractivity (Wildman–Crippen MR) is 77.3 cm³/mol. The Morgan fingerprint density at radius 2 is 1.81 bits per heavy atom. The van der Waals surface area contributed by atoms with Gasteiger partial charge in [-0.2, -0.15) is 4.68 Å². The van der Waals surface area contributed by atoms with Crippen molar-refractivity contribution in [2.45, 2.75) is 12.8 Å². The molecule has 1 aromatic carbocycles. The van der Waals surface area contributed by atoms with Crippen LogP contribution in [0.2, 0.25) is 0 Å². The van der Waals surface area contributed by atoms with E-state index in [1.165, 1.54) is 29.3 Å². The third-order valence-electron chi connectivity index (χ3n) is 3.43. The third kappa shape index (κ3) is 2.91. The first-order chi connectivity index (χ1) is 10.2. The molecule has 1 saturated heterocycles. The van der Waals surface area contributed by atoms with Crippen LogP contribution in [0.1, 0.15) is 18.7 Å². The Bertz CT molecular complexity index is 656. The van der Waals surface area contributed by atoms with Gasteiger partial charge >= 0.3 is 5.97 Å². The van der Waals surface area contributed by atoms with E-state index >= 15 is 0 Å². The van der Waals surface area contributed by atoms with E-state index < -0.39 is 5.97 Å². The van der Waals surface area contributed by atoms with Gasteiger partial charge in [0, 0.05) is 24.9 Å². The van der Waals surface area contributed by atoms with Crippen LogP contribution in [-0.4, -0.2) is 44.4 Å². The van der Waals surface area contributed by atoms with Crippen molar-refractivity contribution in [1.82, 2.24) is 20.2 Å². The molecule has 108 valence electrons. The molecule has 1 aliphatic rings. The molecular weight excluding hydrogens is 270 g/mol. The first-order valence-electron chi connectivity index (χ1n) is 6.79. The average Bonchev–Trinajstić information content (AvgIpc) is 3.17. The van der Waals surface area contributed by atoms with E-state index in [-0.39, 0.29) is 0 Å². The molecular formula is C14H15N5O2. The van der Waals surface area contributed by atoms with Gasteiger partial charge in [0.1, 0.15) is 0 Å². The number of rotatable bonds is 4. The molecule has 7 heteroatoms. The lowest BCUT2D eigenvalue weighted by Gasteiger charge is -2.17. The first kappa shape index (κ1) is 13.3. The van der Waals surface area contributed by atoms with Crippen molar-refractivity contribution < 1.29 is 9.90 Å². The van der Waals surface area contributed by atoms with Gasteiger partial charge in [0.05, 0.1) is 5.69 Å². The van der Waals surface area contributed by atoms with E-state index in [1.807, 2.05) is 24.3 Å². The number of aromatic nitrogens is 4. The van der Waals surface area contributed by atoms with E-state index in [0.717, 1.165) is 24.9 Å². The van der Waals surface area contributed by atoms with Crippen molar-refractivity contribution in [3.05, 3.63) is 36.2 Å². The number of benzene rings is 1. The van der Waals surface area contributed by atoms with Crippen LogP contribution in [0.25, 0.3) is 11.8 Å². The predicted octanol–water partition coefficient (Wildman–Crippen LogP) is 1.36. The number of hydrogen-bond acceptors (Lipinski definition) is 5. The second kappa shape index (κ2) is 5.74. The minimum atomic E-state index is -1.03. The van der Waals surface area contributed by atoms with Crippen molar-refractivity contribution in [3.63, 3.8) is 0 Å². The molecule has 7 nitrogen and oxygen atoms in total. The van der Waals surface area contributed by atoms with Gasteiger partial charge in [0.2, 0.25) is 0 Å². The summed E-state index contributed by atoms with van der Waals surface area (Å²) in [4.78, 5) is 12.9. The molecule has 1 N–H and O–H groups in total. The highest BCUT2D eigenvalue weighted by Crippen LogP contribution is 2.21. The SMILES string of the molecule is O=C(O)/C=C/c1nnnn1-c1ccc(N2CCCC2)cc1. The quantitative estimate of drug-likeness (QED) is 0.854. The fraction of sp³-hybridized carbons (Fsp3) is 0.286. The van der Waals surface area contributed by atoms with Gasteiger partial charge in [-0.25, -0.2) is 4.79 Å². The number of hydrogen-bond donors (Lipinski definition) is 1. The zero-order chi connectivity index (χ0) is 14.7. The van der Waals surface area contributed by atoms with Crippen LogP contribution < -0.4 is 4.90 Å². The minimum absolute atomic E-state index is 0.381. The van der Waals surface area contributed by atoms with E-state index in [2.05, 4.69) is 20.4 Å². The minimum Gasteiger partial charge on any atom is -0.478 e. The maximum atomic E-state index is 10.6. The molecule has 2 aromatic rings. The van der Waals surface area contributed by atoms with Gasteiger partial charge in [0.15, 0.2) is 5.82 Å². The van der Waals surface area contributed by atoms with Crippen LogP contribution in [0, 0.1) is 0 Å². The summed E-state index contributed by atoms with van der Waals surface area (Å²) < 4.78 is 1.51. The number of aliphatic carboxylic acids is 1. The van der Waals surface area contributed by atoms with Crippen molar-refractivity contribution in [1.29, 1.82) is 0 Å². The van der Waals surface area contributed by atoms with Gasteiger partial charge < -0.3 is 10.0 Å². The normalized spacial score (nSPS) is 15.0. The van der Waals surface area contributed by atoms with Crippen molar-refractivity contribution >= 4 is 17.7 Å². The van der Waals surface area contributed by atoms with E-state index in [9.17, 15) is 4.79 Å². The lowest BCUT2D eigenvalue weighted by atomic mass is 10.2. The molecule has 0 bridgehead atoms. The van der Waals surface area contributed by atoms with Crippen LogP contribution >= 0.6 is 0 Å². The van der Waals surface area contributed by atoms with Crippen molar-refractivity contribution in [2.75, 3.05) is 18.0 Å². The van der Waals surface area contributed by atoms with Gasteiger partial charge in [-0.3, -0.25) is 0 Å². The molecule has 0 saturated carbocycles. The van der Waals surface area contributed by atoms with Crippen LogP contribution in [0.15, 0.2) is 30.3 Å². The lowest BCUT2D eigenvalue weighted by Crippen LogP contribution is -2.17. The topological polar surface area (TPSA) is 84.1 Å². The molecule has 0 aliphatic carbocycles. The molecule has 21 heavy (non-hydrogen) atoms. The molecule has 0 atom stereocenters. The standard InChI is InChI=1S/C14H15N5O2/c20-14(21)8-7-13-15-16-17-19(13)12-5-3-11(4-6-12)18-9-1-2-10-18/h3-8H,1-2,9-10H2,(H,20,21)/b8-7+. The van der Waals surface area contributed by atoms with Crippen LogP contribution in [0.4, 0.5) is 5.69 Å². The monoisotopic (exact) mass is 285 g/mol. The number of carboxylic acid groups (broad SMARTS) is 1. The lowest BCUT2D eigenvalue weighted by molar-refractivity contribution is -0.131. The number of tetrazole rings is 1. The smallest absolute Gasteiger partial charge is 0.328 e. The molecule has 0 amide bonds. The van der Waals surface area contributed by atoms with Crippen LogP contribution in [-0.2, 0) is 4.79 Å². The number of carbonyl (C=O) groups is 1.